The van der Waals surface area contributed by atoms with Crippen molar-refractivity contribution in [3.8, 4) is 53.0 Å². The van der Waals surface area contributed by atoms with E-state index in [9.17, 15) is 19.5 Å². The summed E-state index contributed by atoms with van der Waals surface area (Å²) in [6.45, 7) is 18.4. The third-order valence-corrected chi connectivity index (χ3v) is 10.8. The summed E-state index contributed by atoms with van der Waals surface area (Å²) in [4.78, 5) is 32.7. The average Bonchev–Trinajstić information content (AvgIpc) is 3.43. The Morgan fingerprint density at radius 1 is 0.598 bits per heavy atom. The Hall–Kier alpha value is -4.22. The van der Waals surface area contributed by atoms with Crippen LogP contribution in [-0.4, -0.2) is 68.7 Å². The summed E-state index contributed by atoms with van der Waals surface area (Å²) in [5.41, 5.74) is 29.8. The number of aromatic carboxylic acids is 1. The highest BCUT2D eigenvalue weighted by molar-refractivity contribution is 14.3. The van der Waals surface area contributed by atoms with Gasteiger partial charge in [0.15, 0.2) is 5.78 Å². The zero-order valence-corrected chi connectivity index (χ0v) is 62.4. The number of phenols is 3. The second-order valence-corrected chi connectivity index (χ2v) is 37.2. The van der Waals surface area contributed by atoms with Gasteiger partial charge in [-0.15, -0.1) is 0 Å². The lowest BCUT2D eigenvalue weighted by molar-refractivity contribution is 0.0522. The fraction of sp³-hybridized carbons (Fsp3) is 0.339. The number of Topliss-reactive ketones (excluding diaryl/α,β-unsaturated/α-hetero) is 1. The average molecular weight is 1920 g/mol. The van der Waals surface area contributed by atoms with Crippen LogP contribution in [0.25, 0.3) is 0 Å². The number of hydrogen-bond donors (Lipinski definition) is 9. The number of aromatic hydroxyl groups is 3. The molecule has 0 radical (unpaired) electrons. The number of esters is 1. The molecular weight excluding hydrogens is 1850 g/mol. The van der Waals surface area contributed by atoms with E-state index in [-0.39, 0.29) is 57.5 Å². The van der Waals surface area contributed by atoms with Crippen molar-refractivity contribution in [2.45, 2.75) is 86.9 Å². The second-order valence-electron chi connectivity index (χ2n) is 15.6. The van der Waals surface area contributed by atoms with Gasteiger partial charge in [-0.25, -0.2) is 9.59 Å². The van der Waals surface area contributed by atoms with Crippen LogP contribution in [0.4, 0.5) is 28.4 Å². The molecule has 82 heavy (non-hydrogen) atoms. The van der Waals surface area contributed by atoms with Crippen molar-refractivity contribution in [1.29, 1.82) is 21.0 Å². The van der Waals surface area contributed by atoms with E-state index in [4.69, 9.17) is 79.2 Å². The molecule has 0 amide bonds. The second kappa shape index (κ2) is 51.2. The largest absolute Gasteiger partial charge is 0.508 e. The Morgan fingerprint density at radius 3 is 1.22 bits per heavy atom. The number of alkyl halides is 7. The van der Waals surface area contributed by atoms with Gasteiger partial charge >= 0.3 is 11.9 Å². The van der Waals surface area contributed by atoms with E-state index in [2.05, 4.69) is 207 Å². The predicted octanol–water partition coefficient (Wildman–Crippen LogP) is 15.7. The number of benzene rings is 5. The first-order valence-electron chi connectivity index (χ1n) is 23.9. The number of anilines is 5. The van der Waals surface area contributed by atoms with Crippen LogP contribution in [-0.2, 0) is 4.74 Å². The van der Waals surface area contributed by atoms with Crippen molar-refractivity contribution in [1.82, 2.24) is 0 Å². The van der Waals surface area contributed by atoms with Gasteiger partial charge < -0.3 is 63.3 Å². The SMILES string of the molecule is CC(C)I.CC(I)(I)I.CCC.CCC(I)I.CCCI.CCOC(=O)c1cc(C#N)c(N)cc1O.COc1ccc(C#N)c(N)c1.COc1ccc(C(C)=O)c(N)c1.N#Cc1cc(C(=O)O)c(O)cc1N.N#Cc1ccc(O)cc1N. The van der Waals surface area contributed by atoms with Gasteiger partial charge in [-0.05, 0) is 86.6 Å². The Morgan fingerprint density at radius 2 is 0.927 bits per heavy atom. The monoisotopic (exact) mass is 1920 g/mol. The quantitative estimate of drug-likeness (QED) is 0.0229. The highest BCUT2D eigenvalue weighted by Crippen LogP contribution is 2.33. The Bertz CT molecular complexity index is 2860. The van der Waals surface area contributed by atoms with Gasteiger partial charge in [0.2, 0.25) is 0 Å². The highest BCUT2D eigenvalue weighted by Gasteiger charge is 2.15. The minimum atomic E-state index is -1.30. The number of phenolic OH excluding ortho intramolecular Hbond substituents is 2. The molecule has 0 atom stereocenters. The van der Waals surface area contributed by atoms with Gasteiger partial charge in [-0.1, -0.05) is 206 Å². The van der Waals surface area contributed by atoms with E-state index in [1.54, 1.807) is 63.6 Å². The van der Waals surface area contributed by atoms with E-state index < -0.39 is 17.7 Å². The maximum Gasteiger partial charge on any atom is 0.341 e. The van der Waals surface area contributed by atoms with Crippen LogP contribution in [0.15, 0.2) is 78.9 Å². The smallest absolute Gasteiger partial charge is 0.341 e. The minimum Gasteiger partial charge on any atom is -0.508 e. The van der Waals surface area contributed by atoms with Crippen LogP contribution < -0.4 is 38.1 Å². The number of nitrogens with two attached hydrogens (primary N) is 5. The van der Waals surface area contributed by atoms with E-state index in [0.29, 0.717) is 44.7 Å². The molecule has 0 aliphatic carbocycles. The van der Waals surface area contributed by atoms with Crippen LogP contribution in [0.1, 0.15) is 135 Å². The fourth-order valence-electron chi connectivity index (χ4n) is 4.36. The molecule has 19 nitrogen and oxygen atoms in total. The number of hydrogen-bond acceptors (Lipinski definition) is 18. The number of carboxylic acid groups (broad SMARTS) is 1. The molecule has 0 heterocycles. The van der Waals surface area contributed by atoms with E-state index in [1.165, 1.54) is 54.9 Å². The Balaban J connectivity index is -0.000000278. The number of carbonyl (C=O) groups excluding carboxylic acids is 2. The van der Waals surface area contributed by atoms with Gasteiger partial charge in [-0.3, -0.25) is 4.79 Å². The van der Waals surface area contributed by atoms with Crippen molar-refractivity contribution in [2.24, 2.45) is 0 Å². The summed E-state index contributed by atoms with van der Waals surface area (Å²) in [5.74, 6) is -1.32. The van der Waals surface area contributed by atoms with Crippen molar-refractivity contribution < 1.29 is 49.0 Å². The van der Waals surface area contributed by atoms with Crippen molar-refractivity contribution >= 4 is 204 Å². The van der Waals surface area contributed by atoms with E-state index in [1.807, 2.05) is 18.2 Å². The number of nitrogens with zero attached hydrogens (tertiary/aromatic N) is 4. The van der Waals surface area contributed by atoms with Crippen LogP contribution in [0.5, 0.6) is 28.7 Å². The third-order valence-electron chi connectivity index (χ3n) is 7.97. The molecule has 26 heteroatoms. The van der Waals surface area contributed by atoms with Crippen LogP contribution >= 0.6 is 158 Å². The molecule has 5 aromatic carbocycles. The summed E-state index contributed by atoms with van der Waals surface area (Å²) in [5, 5.41) is 70.0. The molecular formula is C56H72I7N9O10. The summed E-state index contributed by atoms with van der Waals surface area (Å²) < 4.78 is 17.9. The first-order valence-corrected chi connectivity index (χ1v) is 32.4. The number of nitriles is 4. The fourth-order valence-corrected chi connectivity index (χ4v) is 4.36. The van der Waals surface area contributed by atoms with Crippen molar-refractivity contribution in [3.05, 3.63) is 118 Å². The van der Waals surface area contributed by atoms with E-state index >= 15 is 0 Å². The number of nitrogen functional groups attached to an aromatic ring is 5. The standard InChI is InChI=1S/C10H10N2O3.C9H11NO2.C8H6N2O3.C8H8N2O.C7H6N2O.C3H6I2.2C3H7I.C3H8.C2H3I3/c1-2-15-10(14)7-3-6(5-11)8(12)4-9(7)13;1-6(11)8-4-3-7(12-2)5-9(8)10;9-3-4-1-5(8(12)13)7(11)2-6(4)10;1-11-7-3-2-6(5-9)8(10)4-7;8-4-5-1-2-6(10)3-7(5)9;1-2-3(4)5;1-3(2)4;1-2-3-4;1-3-2;1-2(3,4)5/h3-4,13H,2,12H2,1H3;3-5H,10H2,1-2H3;1-2,11H,10H2,(H,12,13);2-4H,10H2,1H3;1-3,10H,9H2;3H,2H2,1H3;3H,1-2H3;2-3H2,1H3;3H2,1-2H3;1H3. The summed E-state index contributed by atoms with van der Waals surface area (Å²) >= 11 is 16.5. The van der Waals surface area contributed by atoms with Crippen molar-refractivity contribution in [3.63, 3.8) is 0 Å². The normalized spacial score (nSPS) is 9.12. The molecule has 0 aliphatic heterocycles. The van der Waals surface area contributed by atoms with Crippen molar-refractivity contribution in [2.75, 3.05) is 53.9 Å². The molecule has 5 rings (SSSR count). The number of halogens is 7. The van der Waals surface area contributed by atoms with Gasteiger partial charge in [0.1, 0.15) is 63.6 Å². The maximum atomic E-state index is 11.3. The first kappa shape index (κ1) is 86.6. The molecule has 14 N–H and O–H groups in total. The summed E-state index contributed by atoms with van der Waals surface area (Å²) in [6, 6.07) is 26.1. The van der Waals surface area contributed by atoms with Gasteiger partial charge in [0, 0.05) is 45.5 Å². The van der Waals surface area contributed by atoms with Crippen LogP contribution in [0.3, 0.4) is 0 Å². The third kappa shape index (κ3) is 45.2. The lowest BCUT2D eigenvalue weighted by atomic mass is 10.1. The number of carbonyl (C=O) groups is 3. The zero-order valence-electron chi connectivity index (χ0n) is 47.3. The number of methoxy groups -OCH3 is 2. The molecule has 0 aliphatic rings. The number of ether oxygens (including phenoxy) is 3. The predicted molar refractivity (Wildman–Crippen MR) is 391 cm³/mol. The topological polar surface area (TPSA) is 385 Å². The molecule has 450 valence electrons. The summed E-state index contributed by atoms with van der Waals surface area (Å²) in [7, 11) is 3.11. The van der Waals surface area contributed by atoms with Gasteiger partial charge in [0.25, 0.3) is 0 Å². The lowest BCUT2D eigenvalue weighted by Crippen LogP contribution is -2.06. The number of carboxylic acids is 1. The molecule has 0 aromatic heterocycles. The Kier molecular flexibility index (Phi) is 54.1. The molecule has 0 saturated heterocycles. The Labute approximate surface area is 578 Å². The van der Waals surface area contributed by atoms with E-state index in [0.717, 1.165) is 24.1 Å². The maximum absolute atomic E-state index is 11.3. The zero-order chi connectivity index (χ0) is 64.9. The molecule has 0 unspecified atom stereocenters. The highest BCUT2D eigenvalue weighted by atomic mass is 127. The molecule has 5 aromatic rings. The minimum absolute atomic E-state index is 0.0323. The van der Waals surface area contributed by atoms with Gasteiger partial charge in [-0.2, -0.15) is 21.0 Å². The molecule has 0 saturated carbocycles. The first-order chi connectivity index (χ1) is 38.1. The lowest BCUT2D eigenvalue weighted by Gasteiger charge is -2.06. The summed E-state index contributed by atoms with van der Waals surface area (Å²) in [6.07, 6.45) is 3.84. The molecule has 0 bridgehead atoms. The number of rotatable bonds is 8. The molecule has 0 fully saturated rings. The van der Waals surface area contributed by atoms with Crippen LogP contribution in [0, 0.1) is 45.3 Å². The van der Waals surface area contributed by atoms with Crippen LogP contribution in [0.2, 0.25) is 0 Å². The molecule has 0 spiro atoms. The van der Waals surface area contributed by atoms with Gasteiger partial charge in [0.05, 0.1) is 67.8 Å². The number of ketones is 1.